The molecule has 0 fully saturated rings. The molecule has 1 nitrogen and oxygen atoms in total. The standard InChI is InChI=1S/C13H20FNS/c1-4-16-13-6-5-11(7-12(13)14)9-15-8-10(2)3/h5-7,10,15H,4,8-9H2,1-3H3. The van der Waals surface area contributed by atoms with Gasteiger partial charge in [-0.1, -0.05) is 26.8 Å². The number of hydrogen-bond donors (Lipinski definition) is 1. The average molecular weight is 241 g/mol. The van der Waals surface area contributed by atoms with E-state index in [-0.39, 0.29) is 5.82 Å². The van der Waals surface area contributed by atoms with E-state index in [2.05, 4.69) is 19.2 Å². The van der Waals surface area contributed by atoms with E-state index >= 15 is 0 Å². The fourth-order valence-corrected chi connectivity index (χ4v) is 2.10. The second-order valence-electron chi connectivity index (χ2n) is 4.22. The zero-order valence-electron chi connectivity index (χ0n) is 10.2. The van der Waals surface area contributed by atoms with Crippen LogP contribution in [0, 0.1) is 11.7 Å². The number of hydrogen-bond acceptors (Lipinski definition) is 2. The molecule has 1 aromatic carbocycles. The Morgan fingerprint density at radius 3 is 2.69 bits per heavy atom. The molecule has 0 aromatic heterocycles. The molecule has 0 aliphatic carbocycles. The summed E-state index contributed by atoms with van der Waals surface area (Å²) in [5.74, 6) is 1.43. The van der Waals surface area contributed by atoms with Gasteiger partial charge < -0.3 is 5.32 Å². The zero-order valence-corrected chi connectivity index (χ0v) is 11.0. The second kappa shape index (κ2) is 6.92. The fraction of sp³-hybridized carbons (Fsp3) is 0.538. The SMILES string of the molecule is CCSc1ccc(CNCC(C)C)cc1F. The van der Waals surface area contributed by atoms with Crippen molar-refractivity contribution in [1.82, 2.24) is 5.32 Å². The van der Waals surface area contributed by atoms with Crippen molar-refractivity contribution in [2.45, 2.75) is 32.2 Å². The third kappa shape index (κ3) is 4.54. The molecule has 0 atom stereocenters. The van der Waals surface area contributed by atoms with Crippen LogP contribution < -0.4 is 5.32 Å². The molecule has 0 bridgehead atoms. The highest BCUT2D eigenvalue weighted by atomic mass is 32.2. The summed E-state index contributed by atoms with van der Waals surface area (Å²) in [5.41, 5.74) is 1.01. The van der Waals surface area contributed by atoms with Crippen LogP contribution >= 0.6 is 11.8 Å². The molecule has 0 saturated heterocycles. The first kappa shape index (κ1) is 13.5. The van der Waals surface area contributed by atoms with Crippen molar-refractivity contribution in [3.63, 3.8) is 0 Å². The number of halogens is 1. The molecular weight excluding hydrogens is 221 g/mol. The van der Waals surface area contributed by atoms with E-state index in [9.17, 15) is 4.39 Å². The molecule has 0 saturated carbocycles. The molecule has 16 heavy (non-hydrogen) atoms. The fourth-order valence-electron chi connectivity index (χ4n) is 1.43. The Labute approximate surface area is 102 Å². The third-order valence-corrected chi connectivity index (χ3v) is 3.11. The number of benzene rings is 1. The first-order valence-electron chi connectivity index (χ1n) is 5.75. The molecule has 0 heterocycles. The van der Waals surface area contributed by atoms with Crippen LogP contribution in [0.1, 0.15) is 26.3 Å². The molecule has 0 radical (unpaired) electrons. The highest BCUT2D eigenvalue weighted by Gasteiger charge is 2.03. The van der Waals surface area contributed by atoms with Crippen molar-refractivity contribution in [2.75, 3.05) is 12.3 Å². The minimum Gasteiger partial charge on any atom is -0.312 e. The van der Waals surface area contributed by atoms with Crippen LogP contribution in [-0.2, 0) is 6.54 Å². The van der Waals surface area contributed by atoms with Crippen molar-refractivity contribution < 1.29 is 4.39 Å². The van der Waals surface area contributed by atoms with Crippen molar-refractivity contribution >= 4 is 11.8 Å². The summed E-state index contributed by atoms with van der Waals surface area (Å²) < 4.78 is 13.6. The zero-order chi connectivity index (χ0) is 12.0. The molecule has 0 aliphatic rings. The van der Waals surface area contributed by atoms with Gasteiger partial charge in [-0.05, 0) is 35.9 Å². The van der Waals surface area contributed by atoms with E-state index in [1.165, 1.54) is 0 Å². The quantitative estimate of drug-likeness (QED) is 0.762. The topological polar surface area (TPSA) is 12.0 Å². The molecule has 1 rings (SSSR count). The van der Waals surface area contributed by atoms with Gasteiger partial charge in [0.25, 0.3) is 0 Å². The van der Waals surface area contributed by atoms with Gasteiger partial charge in [0.05, 0.1) is 0 Å². The minimum atomic E-state index is -0.101. The third-order valence-electron chi connectivity index (χ3n) is 2.18. The highest BCUT2D eigenvalue weighted by Crippen LogP contribution is 2.22. The Morgan fingerprint density at radius 1 is 1.38 bits per heavy atom. The molecule has 90 valence electrons. The summed E-state index contributed by atoms with van der Waals surface area (Å²) in [6.07, 6.45) is 0. The Morgan fingerprint density at radius 2 is 2.12 bits per heavy atom. The van der Waals surface area contributed by atoms with Gasteiger partial charge in [0.15, 0.2) is 0 Å². The van der Waals surface area contributed by atoms with Crippen LogP contribution in [0.25, 0.3) is 0 Å². The van der Waals surface area contributed by atoms with Crippen molar-refractivity contribution in [3.05, 3.63) is 29.6 Å². The van der Waals surface area contributed by atoms with E-state index in [1.807, 2.05) is 19.1 Å². The summed E-state index contributed by atoms with van der Waals surface area (Å²) in [7, 11) is 0. The maximum absolute atomic E-state index is 13.6. The molecule has 0 unspecified atom stereocenters. The summed E-state index contributed by atoms with van der Waals surface area (Å²) in [4.78, 5) is 0.745. The lowest BCUT2D eigenvalue weighted by molar-refractivity contribution is 0.548. The maximum Gasteiger partial charge on any atom is 0.137 e. The summed E-state index contributed by atoms with van der Waals surface area (Å²) in [5, 5.41) is 3.31. The van der Waals surface area contributed by atoms with Gasteiger partial charge in [0, 0.05) is 11.4 Å². The number of rotatable bonds is 6. The van der Waals surface area contributed by atoms with Gasteiger partial charge in [-0.25, -0.2) is 4.39 Å². The second-order valence-corrected chi connectivity index (χ2v) is 5.53. The van der Waals surface area contributed by atoms with Crippen LogP contribution in [0.5, 0.6) is 0 Å². The monoisotopic (exact) mass is 241 g/mol. The van der Waals surface area contributed by atoms with Gasteiger partial charge in [0.1, 0.15) is 5.82 Å². The van der Waals surface area contributed by atoms with Gasteiger partial charge in [0.2, 0.25) is 0 Å². The van der Waals surface area contributed by atoms with Crippen LogP contribution in [-0.4, -0.2) is 12.3 Å². The molecule has 1 aromatic rings. The normalized spacial score (nSPS) is 11.1. The highest BCUT2D eigenvalue weighted by molar-refractivity contribution is 7.99. The maximum atomic E-state index is 13.6. The first-order chi connectivity index (χ1) is 7.63. The average Bonchev–Trinajstić information content (AvgIpc) is 2.21. The van der Waals surface area contributed by atoms with Crippen molar-refractivity contribution in [1.29, 1.82) is 0 Å². The van der Waals surface area contributed by atoms with E-state index in [0.29, 0.717) is 5.92 Å². The Bertz CT molecular complexity index is 326. The largest absolute Gasteiger partial charge is 0.312 e. The molecule has 3 heteroatoms. The predicted molar refractivity (Wildman–Crippen MR) is 69.3 cm³/mol. The lowest BCUT2D eigenvalue weighted by Crippen LogP contribution is -2.18. The van der Waals surface area contributed by atoms with E-state index < -0.39 is 0 Å². The first-order valence-corrected chi connectivity index (χ1v) is 6.74. The van der Waals surface area contributed by atoms with Crippen LogP contribution in [0.4, 0.5) is 4.39 Å². The van der Waals surface area contributed by atoms with Crippen LogP contribution in [0.15, 0.2) is 23.1 Å². The van der Waals surface area contributed by atoms with Gasteiger partial charge in [-0.15, -0.1) is 11.8 Å². The van der Waals surface area contributed by atoms with E-state index in [0.717, 1.165) is 29.3 Å². The van der Waals surface area contributed by atoms with Crippen molar-refractivity contribution in [3.8, 4) is 0 Å². The van der Waals surface area contributed by atoms with E-state index in [4.69, 9.17) is 0 Å². The van der Waals surface area contributed by atoms with Crippen molar-refractivity contribution in [2.24, 2.45) is 5.92 Å². The molecule has 0 aliphatic heterocycles. The molecular formula is C13H20FNS. The molecule has 0 amide bonds. The lowest BCUT2D eigenvalue weighted by Gasteiger charge is -2.08. The van der Waals surface area contributed by atoms with E-state index in [1.54, 1.807) is 17.8 Å². The molecule has 0 spiro atoms. The lowest BCUT2D eigenvalue weighted by atomic mass is 10.2. The summed E-state index contributed by atoms with van der Waals surface area (Å²) in [6.45, 7) is 8.06. The Hall–Kier alpha value is -0.540. The minimum absolute atomic E-state index is 0.101. The summed E-state index contributed by atoms with van der Waals surface area (Å²) in [6, 6.07) is 5.50. The van der Waals surface area contributed by atoms with Crippen LogP contribution in [0.2, 0.25) is 0 Å². The van der Waals surface area contributed by atoms with Gasteiger partial charge >= 0.3 is 0 Å². The molecule has 1 N–H and O–H groups in total. The van der Waals surface area contributed by atoms with Crippen LogP contribution in [0.3, 0.4) is 0 Å². The van der Waals surface area contributed by atoms with Gasteiger partial charge in [-0.2, -0.15) is 0 Å². The predicted octanol–water partition coefficient (Wildman–Crippen LogP) is 3.68. The summed E-state index contributed by atoms with van der Waals surface area (Å²) >= 11 is 1.54. The smallest absolute Gasteiger partial charge is 0.137 e. The number of thioether (sulfide) groups is 1. The van der Waals surface area contributed by atoms with Gasteiger partial charge in [-0.3, -0.25) is 0 Å². The Balaban J connectivity index is 2.52. The number of nitrogens with one attached hydrogen (secondary N) is 1. The Kier molecular flexibility index (Phi) is 5.85.